The van der Waals surface area contributed by atoms with Gasteiger partial charge < -0.3 is 5.11 Å². The van der Waals surface area contributed by atoms with Crippen molar-refractivity contribution in [3.8, 4) is 11.3 Å². The maximum atomic E-state index is 9.98. The van der Waals surface area contributed by atoms with Crippen LogP contribution in [0.4, 0.5) is 0 Å². The van der Waals surface area contributed by atoms with Crippen LogP contribution in [0.2, 0.25) is 0 Å². The number of quaternary nitrogens is 1. The van der Waals surface area contributed by atoms with Gasteiger partial charge in [0.15, 0.2) is 0 Å². The molecular weight excluding hydrogens is 410 g/mol. The van der Waals surface area contributed by atoms with Gasteiger partial charge in [-0.3, -0.25) is 4.99 Å². The molecule has 2 fully saturated rings. The predicted octanol–water partition coefficient (Wildman–Crippen LogP) is 4.14. The Morgan fingerprint density at radius 3 is 2.55 bits per heavy atom. The van der Waals surface area contributed by atoms with Crippen LogP contribution in [0.3, 0.4) is 0 Å². The highest BCUT2D eigenvalue weighted by Gasteiger charge is 2.61. The van der Waals surface area contributed by atoms with Gasteiger partial charge in [0.2, 0.25) is 5.70 Å². The molecule has 0 radical (unpaired) electrons. The first kappa shape index (κ1) is 19.1. The van der Waals surface area contributed by atoms with Crippen molar-refractivity contribution in [3.05, 3.63) is 90.0 Å². The summed E-state index contributed by atoms with van der Waals surface area (Å²) in [6, 6.07) is 20.6. The van der Waals surface area contributed by atoms with Gasteiger partial charge in [0.25, 0.3) is 5.84 Å². The molecule has 7 rings (SSSR count). The van der Waals surface area contributed by atoms with Crippen LogP contribution in [0, 0.1) is 17.8 Å². The smallest absolute Gasteiger partial charge is 0.264 e. The van der Waals surface area contributed by atoms with Crippen molar-refractivity contribution in [1.82, 2.24) is 4.98 Å². The zero-order valence-corrected chi connectivity index (χ0v) is 18.0. The topological polar surface area (TPSA) is 83.9 Å². The van der Waals surface area contributed by atoms with E-state index in [0.717, 1.165) is 57.8 Å². The molecule has 4 aliphatic rings. The quantitative estimate of drug-likeness (QED) is 0.480. The summed E-state index contributed by atoms with van der Waals surface area (Å²) in [6.07, 6.45) is 7.03. The fourth-order valence-corrected chi connectivity index (χ4v) is 5.89. The third kappa shape index (κ3) is 2.82. The second kappa shape index (κ2) is 6.78. The SMILES string of the molecule is N[N+]12C=CN=CC1=C(C1C3CC(O)CC31)N=C2c1ccc2ccc(-c3ccccc3)nc2c1. The van der Waals surface area contributed by atoms with E-state index in [1.165, 1.54) is 0 Å². The molecule has 0 spiro atoms. The molecule has 33 heavy (non-hydrogen) atoms. The molecule has 2 aromatic carbocycles. The molecule has 1 aromatic heterocycles. The number of hydrogen-bond donors (Lipinski definition) is 2. The van der Waals surface area contributed by atoms with E-state index >= 15 is 0 Å². The van der Waals surface area contributed by atoms with E-state index < -0.39 is 0 Å². The maximum absolute atomic E-state index is 9.98. The van der Waals surface area contributed by atoms with Gasteiger partial charge in [-0.15, -0.1) is 4.59 Å². The molecule has 2 aliphatic carbocycles. The number of rotatable bonds is 3. The Kier molecular flexibility index (Phi) is 3.91. The molecule has 3 unspecified atom stereocenters. The number of benzene rings is 2. The van der Waals surface area contributed by atoms with Crippen molar-refractivity contribution in [3.63, 3.8) is 0 Å². The van der Waals surface area contributed by atoms with Crippen molar-refractivity contribution < 1.29 is 9.70 Å². The van der Waals surface area contributed by atoms with Crippen LogP contribution in [0.5, 0.6) is 0 Å². The molecule has 0 saturated heterocycles. The van der Waals surface area contributed by atoms with E-state index in [2.05, 4.69) is 47.5 Å². The maximum Gasteiger partial charge on any atom is 0.264 e. The molecule has 6 nitrogen and oxygen atoms in total. The van der Waals surface area contributed by atoms with Crippen molar-refractivity contribution in [1.29, 1.82) is 0 Å². The normalized spacial score (nSPS) is 31.6. The molecule has 2 saturated carbocycles. The third-order valence-corrected chi connectivity index (χ3v) is 7.58. The first-order chi connectivity index (χ1) is 16.1. The molecule has 0 bridgehead atoms. The number of allylic oxidation sites excluding steroid dienone is 2. The van der Waals surface area contributed by atoms with Gasteiger partial charge in [-0.1, -0.05) is 42.5 Å². The molecule has 3 N–H and O–H groups in total. The average Bonchev–Trinajstić information content (AvgIpc) is 3.19. The van der Waals surface area contributed by atoms with Gasteiger partial charge >= 0.3 is 0 Å². The van der Waals surface area contributed by atoms with Crippen molar-refractivity contribution in [2.75, 3.05) is 0 Å². The van der Waals surface area contributed by atoms with E-state index in [0.29, 0.717) is 17.8 Å². The summed E-state index contributed by atoms with van der Waals surface area (Å²) in [5.74, 6) is 9.11. The first-order valence-electron chi connectivity index (χ1n) is 11.5. The van der Waals surface area contributed by atoms with E-state index in [1.54, 1.807) is 6.20 Å². The summed E-state index contributed by atoms with van der Waals surface area (Å²) in [4.78, 5) is 14.4. The number of nitrogens with zero attached hydrogens (tertiary/aromatic N) is 4. The Balaban J connectivity index is 1.31. The highest BCUT2D eigenvalue weighted by molar-refractivity contribution is 6.02. The lowest BCUT2D eigenvalue weighted by molar-refractivity contribution is -0.750. The van der Waals surface area contributed by atoms with Crippen molar-refractivity contribution >= 4 is 23.0 Å². The Morgan fingerprint density at radius 1 is 0.939 bits per heavy atom. The van der Waals surface area contributed by atoms with Gasteiger partial charge in [0.1, 0.15) is 11.9 Å². The monoisotopic (exact) mass is 434 g/mol. The lowest BCUT2D eigenvalue weighted by Crippen LogP contribution is -2.53. The highest BCUT2D eigenvalue weighted by Crippen LogP contribution is 2.62. The number of hydrogen-bond acceptors (Lipinski definition) is 5. The largest absolute Gasteiger partial charge is 0.393 e. The lowest BCUT2D eigenvalue weighted by atomic mass is 10.1. The van der Waals surface area contributed by atoms with Gasteiger partial charge in [-0.05, 0) is 42.9 Å². The highest BCUT2D eigenvalue weighted by atomic mass is 16.3. The summed E-state index contributed by atoms with van der Waals surface area (Å²) >= 11 is 0. The molecule has 3 heterocycles. The van der Waals surface area contributed by atoms with Crippen LogP contribution in [0.25, 0.3) is 22.2 Å². The lowest BCUT2D eigenvalue weighted by Gasteiger charge is -2.26. The zero-order valence-electron chi connectivity index (χ0n) is 18.0. The number of pyridine rings is 1. The summed E-state index contributed by atoms with van der Waals surface area (Å²) in [7, 11) is 0. The molecule has 0 amide bonds. The van der Waals surface area contributed by atoms with E-state index in [4.69, 9.17) is 15.8 Å². The van der Waals surface area contributed by atoms with Crippen LogP contribution in [-0.4, -0.2) is 32.8 Å². The fraction of sp³-hybridized carbons (Fsp3) is 0.222. The van der Waals surface area contributed by atoms with Gasteiger partial charge in [-0.25, -0.2) is 4.98 Å². The van der Waals surface area contributed by atoms with Crippen LogP contribution in [0.1, 0.15) is 18.4 Å². The second-order valence-corrected chi connectivity index (χ2v) is 9.51. The Bertz CT molecular complexity index is 1410. The number of aliphatic hydroxyl groups is 1. The summed E-state index contributed by atoms with van der Waals surface area (Å²) < 4.78 is 0.0290. The molecule has 3 aromatic rings. The van der Waals surface area contributed by atoms with Crippen molar-refractivity contribution in [2.24, 2.45) is 33.6 Å². The number of nitrogens with two attached hydrogens (primary N) is 1. The minimum Gasteiger partial charge on any atom is -0.393 e. The van der Waals surface area contributed by atoms with Crippen LogP contribution in [0.15, 0.2) is 94.4 Å². The Labute approximate surface area is 191 Å². The van der Waals surface area contributed by atoms with Crippen LogP contribution >= 0.6 is 0 Å². The number of aliphatic imine (C=N–C) groups is 2. The first-order valence-corrected chi connectivity index (χ1v) is 11.5. The average molecular weight is 435 g/mol. The number of fused-ring (bicyclic) bond motifs is 3. The molecule has 162 valence electrons. The summed E-state index contributed by atoms with van der Waals surface area (Å²) in [6.45, 7) is 0. The number of aliphatic hydroxyl groups excluding tert-OH is 1. The van der Waals surface area contributed by atoms with Gasteiger partial charge in [0.05, 0.1) is 35.3 Å². The van der Waals surface area contributed by atoms with E-state index in [9.17, 15) is 5.11 Å². The predicted molar refractivity (Wildman–Crippen MR) is 129 cm³/mol. The van der Waals surface area contributed by atoms with E-state index in [1.807, 2.05) is 30.6 Å². The Morgan fingerprint density at radius 2 is 1.73 bits per heavy atom. The molecule has 3 atom stereocenters. The fourth-order valence-electron chi connectivity index (χ4n) is 5.89. The number of aromatic nitrogens is 1. The number of amidine groups is 1. The Hall–Kier alpha value is -3.45. The zero-order chi connectivity index (χ0) is 22.2. The van der Waals surface area contributed by atoms with Crippen molar-refractivity contribution in [2.45, 2.75) is 18.9 Å². The second-order valence-electron chi connectivity index (χ2n) is 9.51. The molecule has 6 heteroatoms. The van der Waals surface area contributed by atoms with Gasteiger partial charge in [0, 0.05) is 16.9 Å². The van der Waals surface area contributed by atoms with Crippen LogP contribution < -0.4 is 5.84 Å². The van der Waals surface area contributed by atoms with Crippen LogP contribution in [-0.2, 0) is 0 Å². The summed E-state index contributed by atoms with van der Waals surface area (Å²) in [5.41, 5.74) is 5.88. The third-order valence-electron chi connectivity index (χ3n) is 7.58. The van der Waals surface area contributed by atoms with Gasteiger partial charge in [-0.2, -0.15) is 10.8 Å². The minimum absolute atomic E-state index is 0.0290. The standard InChI is InChI=1S/C27H24N5O/c28-32-11-10-29-15-24(32)26(25-20-13-19(33)14-21(20)25)31-27(32)18-7-6-17-8-9-22(30-23(17)12-18)16-4-2-1-3-5-16/h1-12,15,19-21,25,33H,13-14,28H2/q+1. The summed E-state index contributed by atoms with van der Waals surface area (Å²) in [5, 5.41) is 11.1. The molecular formula is C27H24N5O+. The molecule has 2 aliphatic heterocycles. The minimum atomic E-state index is -0.172. The van der Waals surface area contributed by atoms with E-state index in [-0.39, 0.29) is 10.7 Å².